The predicted octanol–water partition coefficient (Wildman–Crippen LogP) is 6.03. The first-order chi connectivity index (χ1) is 10.6. The molecule has 1 heteroatoms. The van der Waals surface area contributed by atoms with E-state index in [1.165, 1.54) is 70.8 Å². The molecule has 6 atom stereocenters. The first kappa shape index (κ1) is 18.3. The van der Waals surface area contributed by atoms with Gasteiger partial charge in [-0.2, -0.15) is 0 Å². The fourth-order valence-corrected chi connectivity index (χ4v) is 5.39. The van der Waals surface area contributed by atoms with Crippen LogP contribution in [0.15, 0.2) is 0 Å². The molecule has 0 saturated heterocycles. The second kappa shape index (κ2) is 9.30. The number of unbranched alkanes of at least 4 members (excludes halogenated alkanes) is 1. The minimum absolute atomic E-state index is 0.793. The average molecular weight is 308 g/mol. The molecule has 1 nitrogen and oxygen atoms in total. The van der Waals surface area contributed by atoms with Crippen LogP contribution in [0.25, 0.3) is 0 Å². The summed E-state index contributed by atoms with van der Waals surface area (Å²) in [6.45, 7) is 11.2. The Kier molecular flexibility index (Phi) is 7.74. The van der Waals surface area contributed by atoms with Crippen LogP contribution < -0.4 is 5.32 Å². The zero-order valence-electron chi connectivity index (χ0n) is 15.7. The van der Waals surface area contributed by atoms with Crippen LogP contribution in [0.2, 0.25) is 0 Å². The number of rotatable bonds is 4. The van der Waals surface area contributed by atoms with Gasteiger partial charge in [-0.25, -0.2) is 0 Å². The first-order valence-corrected chi connectivity index (χ1v) is 10.4. The number of hydrogen-bond donors (Lipinski definition) is 1. The fraction of sp³-hybridized carbons (Fsp3) is 1.00. The molecule has 0 aliphatic heterocycles. The van der Waals surface area contributed by atoms with Crippen molar-refractivity contribution in [3.8, 4) is 0 Å². The maximum Gasteiger partial charge on any atom is 0.0101 e. The molecule has 0 radical (unpaired) electrons. The molecule has 22 heavy (non-hydrogen) atoms. The summed E-state index contributed by atoms with van der Waals surface area (Å²) in [7, 11) is 0. The van der Waals surface area contributed by atoms with Gasteiger partial charge in [0.2, 0.25) is 0 Å². The zero-order chi connectivity index (χ0) is 15.9. The highest BCUT2D eigenvalue weighted by atomic mass is 14.9. The molecule has 0 bridgehead atoms. The Balaban J connectivity index is 2.15. The smallest absolute Gasteiger partial charge is 0.0101 e. The molecule has 2 fully saturated rings. The lowest BCUT2D eigenvalue weighted by atomic mass is 9.69. The summed E-state index contributed by atoms with van der Waals surface area (Å²) in [6.07, 6.45) is 14.3. The highest BCUT2D eigenvalue weighted by Gasteiger charge is 2.39. The summed E-state index contributed by atoms with van der Waals surface area (Å²) < 4.78 is 0. The lowest BCUT2D eigenvalue weighted by molar-refractivity contribution is 0.120. The van der Waals surface area contributed by atoms with Crippen molar-refractivity contribution < 1.29 is 0 Å². The summed E-state index contributed by atoms with van der Waals surface area (Å²) in [6, 6.07) is 0.793. The molecule has 0 amide bonds. The van der Waals surface area contributed by atoms with Crippen LogP contribution in [0.3, 0.4) is 0 Å². The van der Waals surface area contributed by atoms with Crippen molar-refractivity contribution in [2.24, 2.45) is 29.6 Å². The van der Waals surface area contributed by atoms with Gasteiger partial charge in [-0.05, 0) is 55.4 Å². The Morgan fingerprint density at radius 1 is 0.864 bits per heavy atom. The Morgan fingerprint density at radius 2 is 1.59 bits per heavy atom. The van der Waals surface area contributed by atoms with E-state index in [9.17, 15) is 0 Å². The van der Waals surface area contributed by atoms with E-state index in [0.29, 0.717) is 0 Å². The predicted molar refractivity (Wildman–Crippen MR) is 98.1 cm³/mol. The zero-order valence-corrected chi connectivity index (χ0v) is 15.7. The first-order valence-electron chi connectivity index (χ1n) is 10.4. The van der Waals surface area contributed by atoms with Gasteiger partial charge in [-0.1, -0.05) is 72.6 Å². The molecule has 0 aromatic rings. The van der Waals surface area contributed by atoms with Gasteiger partial charge in [0.25, 0.3) is 0 Å². The van der Waals surface area contributed by atoms with E-state index in [-0.39, 0.29) is 0 Å². The van der Waals surface area contributed by atoms with Gasteiger partial charge < -0.3 is 5.32 Å². The molecule has 3 unspecified atom stereocenters. The monoisotopic (exact) mass is 307 g/mol. The molecule has 0 heterocycles. The molecule has 2 aliphatic rings. The van der Waals surface area contributed by atoms with Gasteiger partial charge in [0.1, 0.15) is 0 Å². The number of hydrogen-bond acceptors (Lipinski definition) is 1. The quantitative estimate of drug-likeness (QED) is 0.625. The molecule has 0 spiro atoms. The summed E-state index contributed by atoms with van der Waals surface area (Å²) in [5.41, 5.74) is 0. The Hall–Kier alpha value is -0.0400. The van der Waals surface area contributed by atoms with Crippen LogP contribution in [0, 0.1) is 29.6 Å². The molecule has 2 saturated carbocycles. The van der Waals surface area contributed by atoms with Crippen molar-refractivity contribution in [2.75, 3.05) is 6.54 Å². The van der Waals surface area contributed by atoms with E-state index in [1.807, 2.05) is 0 Å². The molecule has 0 aromatic heterocycles. The van der Waals surface area contributed by atoms with Crippen LogP contribution in [0.5, 0.6) is 0 Å². The van der Waals surface area contributed by atoms with Crippen molar-refractivity contribution in [1.82, 2.24) is 5.32 Å². The van der Waals surface area contributed by atoms with E-state index in [2.05, 4.69) is 33.0 Å². The summed E-state index contributed by atoms with van der Waals surface area (Å²) in [5, 5.41) is 4.00. The van der Waals surface area contributed by atoms with Gasteiger partial charge >= 0.3 is 0 Å². The topological polar surface area (TPSA) is 12.0 Å². The highest BCUT2D eigenvalue weighted by molar-refractivity contribution is 4.91. The molecule has 130 valence electrons. The van der Waals surface area contributed by atoms with Crippen molar-refractivity contribution in [2.45, 2.75) is 97.9 Å². The highest BCUT2D eigenvalue weighted by Crippen LogP contribution is 2.44. The Morgan fingerprint density at radius 3 is 2.36 bits per heavy atom. The third-order valence-corrected chi connectivity index (χ3v) is 6.74. The largest absolute Gasteiger partial charge is 0.314 e. The lowest BCUT2D eigenvalue weighted by Crippen LogP contribution is -2.43. The third kappa shape index (κ3) is 4.98. The summed E-state index contributed by atoms with van der Waals surface area (Å²) in [4.78, 5) is 0. The molecule has 2 rings (SSSR count). The minimum atomic E-state index is 0.793. The molecule has 0 aromatic carbocycles. The summed E-state index contributed by atoms with van der Waals surface area (Å²) >= 11 is 0. The van der Waals surface area contributed by atoms with Gasteiger partial charge in [0.15, 0.2) is 0 Å². The normalized spacial score (nSPS) is 40.9. The lowest BCUT2D eigenvalue weighted by Gasteiger charge is -2.39. The molecule has 2 aliphatic carbocycles. The van der Waals surface area contributed by atoms with E-state index >= 15 is 0 Å². The van der Waals surface area contributed by atoms with Crippen LogP contribution in [0.4, 0.5) is 0 Å². The van der Waals surface area contributed by atoms with Gasteiger partial charge in [0, 0.05) is 6.04 Å². The SMILES string of the molecule is CCCCNC1CCCC(C)C2C[C@H](C)CCCC[C@H](C)[C@@H]12. The number of nitrogens with one attached hydrogen (secondary N) is 1. The second-order valence-electron chi connectivity index (χ2n) is 8.67. The van der Waals surface area contributed by atoms with Crippen LogP contribution in [-0.4, -0.2) is 12.6 Å². The van der Waals surface area contributed by atoms with Crippen LogP contribution in [0.1, 0.15) is 91.9 Å². The van der Waals surface area contributed by atoms with Crippen molar-refractivity contribution >= 4 is 0 Å². The van der Waals surface area contributed by atoms with Gasteiger partial charge in [-0.15, -0.1) is 0 Å². The molecular weight excluding hydrogens is 266 g/mol. The fourth-order valence-electron chi connectivity index (χ4n) is 5.39. The maximum atomic E-state index is 4.00. The minimum Gasteiger partial charge on any atom is -0.314 e. The van der Waals surface area contributed by atoms with Gasteiger partial charge in [-0.3, -0.25) is 0 Å². The second-order valence-corrected chi connectivity index (χ2v) is 8.67. The van der Waals surface area contributed by atoms with Crippen molar-refractivity contribution in [1.29, 1.82) is 0 Å². The van der Waals surface area contributed by atoms with Crippen molar-refractivity contribution in [3.63, 3.8) is 0 Å². The van der Waals surface area contributed by atoms with E-state index in [0.717, 1.165) is 35.6 Å². The molecular formula is C21H41N. The van der Waals surface area contributed by atoms with E-state index in [1.54, 1.807) is 0 Å². The van der Waals surface area contributed by atoms with Crippen LogP contribution >= 0.6 is 0 Å². The van der Waals surface area contributed by atoms with Crippen LogP contribution in [-0.2, 0) is 0 Å². The van der Waals surface area contributed by atoms with Gasteiger partial charge in [0.05, 0.1) is 0 Å². The molecule has 1 N–H and O–H groups in total. The maximum absolute atomic E-state index is 4.00. The summed E-state index contributed by atoms with van der Waals surface area (Å²) in [5.74, 6) is 4.68. The Bertz CT molecular complexity index is 300. The third-order valence-electron chi connectivity index (χ3n) is 6.74. The average Bonchev–Trinajstić information content (AvgIpc) is 2.58. The standard InChI is InChI=1S/C21H41N/c1-5-6-14-22-20-13-9-12-17(3)19-15-16(2)10-7-8-11-18(4)21(19)20/h16-22H,5-15H2,1-4H3/t16-,17?,18+,19?,20?,21-/m1/s1. The van der Waals surface area contributed by atoms with Crippen molar-refractivity contribution in [3.05, 3.63) is 0 Å². The Labute approximate surface area is 140 Å². The van der Waals surface area contributed by atoms with E-state index in [4.69, 9.17) is 0 Å². The van der Waals surface area contributed by atoms with E-state index < -0.39 is 0 Å². The number of fused-ring (bicyclic) bond motifs is 1.